The minimum Gasteiger partial charge on any atom is -0.396 e. The Labute approximate surface area is 91.3 Å². The van der Waals surface area contributed by atoms with Crippen molar-refractivity contribution >= 4 is 0 Å². The highest BCUT2D eigenvalue weighted by Gasteiger charge is 2.22. The number of fused-ring (bicyclic) bond motifs is 1. The molecule has 1 aromatic carbocycles. The van der Waals surface area contributed by atoms with Crippen molar-refractivity contribution in [3.8, 4) is 0 Å². The van der Waals surface area contributed by atoms with Gasteiger partial charge in [0.05, 0.1) is 0 Å². The molecule has 2 atom stereocenters. The van der Waals surface area contributed by atoms with Crippen molar-refractivity contribution in [3.63, 3.8) is 0 Å². The molecule has 0 spiro atoms. The molecular formula is C13H19NO. The minimum absolute atomic E-state index is 0.266. The van der Waals surface area contributed by atoms with E-state index in [9.17, 15) is 0 Å². The Kier molecular flexibility index (Phi) is 3.39. The highest BCUT2D eigenvalue weighted by molar-refractivity contribution is 5.34. The molecule has 0 heterocycles. The summed E-state index contributed by atoms with van der Waals surface area (Å²) in [4.78, 5) is 0. The summed E-state index contributed by atoms with van der Waals surface area (Å²) < 4.78 is 0. The lowest BCUT2D eigenvalue weighted by molar-refractivity contribution is 0.263. The summed E-state index contributed by atoms with van der Waals surface area (Å²) in [6.45, 7) is 2.40. The van der Waals surface area contributed by atoms with Crippen LogP contribution in [0.1, 0.15) is 36.9 Å². The lowest BCUT2D eigenvalue weighted by Crippen LogP contribution is -2.30. The number of benzene rings is 1. The monoisotopic (exact) mass is 205 g/mol. The van der Waals surface area contributed by atoms with Crippen molar-refractivity contribution in [2.75, 3.05) is 6.61 Å². The minimum atomic E-state index is 0.266. The van der Waals surface area contributed by atoms with Crippen molar-refractivity contribution in [1.82, 2.24) is 5.32 Å². The number of aliphatic hydroxyl groups excluding tert-OH is 1. The van der Waals surface area contributed by atoms with Crippen molar-refractivity contribution in [2.45, 2.75) is 38.3 Å². The lowest BCUT2D eigenvalue weighted by atomic mass is 10.1. The average Bonchev–Trinajstić information content (AvgIpc) is 2.62. The van der Waals surface area contributed by atoms with Crippen molar-refractivity contribution < 1.29 is 5.11 Å². The van der Waals surface area contributed by atoms with Crippen LogP contribution in [0.25, 0.3) is 0 Å². The molecule has 2 nitrogen and oxygen atoms in total. The molecule has 0 fully saturated rings. The van der Waals surface area contributed by atoms with E-state index in [1.54, 1.807) is 0 Å². The molecule has 0 aromatic heterocycles. The zero-order chi connectivity index (χ0) is 10.7. The fraction of sp³-hybridized carbons (Fsp3) is 0.538. The maximum atomic E-state index is 8.87. The molecule has 0 radical (unpaired) electrons. The van der Waals surface area contributed by atoms with Crippen LogP contribution < -0.4 is 5.32 Å². The Morgan fingerprint density at radius 2 is 2.27 bits per heavy atom. The van der Waals surface area contributed by atoms with Crippen LogP contribution in [0.4, 0.5) is 0 Å². The molecular weight excluding hydrogens is 186 g/mol. The Balaban J connectivity index is 2.01. The van der Waals surface area contributed by atoms with Gasteiger partial charge in [0.15, 0.2) is 0 Å². The predicted octanol–water partition coefficient (Wildman–Crippen LogP) is 2.03. The number of hydrogen-bond acceptors (Lipinski definition) is 2. The molecule has 2 heteroatoms. The van der Waals surface area contributed by atoms with E-state index < -0.39 is 0 Å². The first-order chi connectivity index (χ1) is 7.31. The van der Waals surface area contributed by atoms with Crippen LogP contribution in [0.3, 0.4) is 0 Å². The highest BCUT2D eigenvalue weighted by Crippen LogP contribution is 2.31. The van der Waals surface area contributed by atoms with Gasteiger partial charge in [-0.1, -0.05) is 24.3 Å². The van der Waals surface area contributed by atoms with Crippen LogP contribution in [-0.4, -0.2) is 17.8 Å². The maximum absolute atomic E-state index is 8.87. The van der Waals surface area contributed by atoms with Crippen LogP contribution in [0, 0.1) is 0 Å². The second-order valence-corrected chi connectivity index (χ2v) is 4.37. The van der Waals surface area contributed by atoms with Crippen molar-refractivity contribution in [3.05, 3.63) is 35.4 Å². The summed E-state index contributed by atoms with van der Waals surface area (Å²) in [6, 6.07) is 9.53. The largest absolute Gasteiger partial charge is 0.396 e. The van der Waals surface area contributed by atoms with E-state index in [1.807, 2.05) is 0 Å². The van der Waals surface area contributed by atoms with Gasteiger partial charge in [-0.05, 0) is 37.3 Å². The van der Waals surface area contributed by atoms with Gasteiger partial charge in [-0.15, -0.1) is 0 Å². The van der Waals surface area contributed by atoms with Gasteiger partial charge < -0.3 is 10.4 Å². The molecule has 0 saturated carbocycles. The topological polar surface area (TPSA) is 32.3 Å². The summed E-state index contributed by atoms with van der Waals surface area (Å²) in [7, 11) is 0. The van der Waals surface area contributed by atoms with E-state index in [0.29, 0.717) is 12.1 Å². The third-order valence-corrected chi connectivity index (χ3v) is 3.18. The molecule has 2 unspecified atom stereocenters. The SMILES string of the molecule is CC(CCO)NC1CCc2ccccc21. The molecule has 1 aliphatic rings. The molecule has 2 rings (SSSR count). The molecule has 0 saturated heterocycles. The third kappa shape index (κ3) is 2.39. The smallest absolute Gasteiger partial charge is 0.0445 e. The molecule has 1 aliphatic carbocycles. The van der Waals surface area contributed by atoms with Gasteiger partial charge in [0.25, 0.3) is 0 Å². The Hall–Kier alpha value is -0.860. The van der Waals surface area contributed by atoms with E-state index in [4.69, 9.17) is 5.11 Å². The van der Waals surface area contributed by atoms with Gasteiger partial charge in [-0.25, -0.2) is 0 Å². The molecule has 15 heavy (non-hydrogen) atoms. The summed E-state index contributed by atoms with van der Waals surface area (Å²) in [5.41, 5.74) is 2.92. The van der Waals surface area contributed by atoms with Crippen LogP contribution in [0.5, 0.6) is 0 Å². The van der Waals surface area contributed by atoms with E-state index in [1.165, 1.54) is 24.0 Å². The first-order valence-corrected chi connectivity index (χ1v) is 5.76. The fourth-order valence-electron chi connectivity index (χ4n) is 2.35. The summed E-state index contributed by atoms with van der Waals surface area (Å²) in [5.74, 6) is 0. The summed E-state index contributed by atoms with van der Waals surface area (Å²) in [6.07, 6.45) is 3.20. The van der Waals surface area contributed by atoms with Gasteiger partial charge in [0, 0.05) is 18.7 Å². The Morgan fingerprint density at radius 1 is 1.47 bits per heavy atom. The van der Waals surface area contributed by atoms with Gasteiger partial charge >= 0.3 is 0 Å². The summed E-state index contributed by atoms with van der Waals surface area (Å²) >= 11 is 0. The number of hydrogen-bond donors (Lipinski definition) is 2. The third-order valence-electron chi connectivity index (χ3n) is 3.18. The fourth-order valence-corrected chi connectivity index (χ4v) is 2.35. The van der Waals surface area contributed by atoms with Crippen molar-refractivity contribution in [2.24, 2.45) is 0 Å². The van der Waals surface area contributed by atoms with Crippen LogP contribution in [0.15, 0.2) is 24.3 Å². The van der Waals surface area contributed by atoms with Gasteiger partial charge in [-0.3, -0.25) is 0 Å². The van der Waals surface area contributed by atoms with E-state index in [2.05, 4.69) is 36.5 Å². The maximum Gasteiger partial charge on any atom is 0.0445 e. The van der Waals surface area contributed by atoms with E-state index in [-0.39, 0.29) is 6.61 Å². The zero-order valence-corrected chi connectivity index (χ0v) is 9.24. The molecule has 2 N–H and O–H groups in total. The van der Waals surface area contributed by atoms with Crippen molar-refractivity contribution in [1.29, 1.82) is 0 Å². The number of nitrogens with one attached hydrogen (secondary N) is 1. The Bertz CT molecular complexity index is 324. The van der Waals surface area contributed by atoms with Crippen LogP contribution in [-0.2, 0) is 6.42 Å². The first-order valence-electron chi connectivity index (χ1n) is 5.76. The standard InChI is InChI=1S/C13H19NO/c1-10(8-9-15)14-13-7-6-11-4-2-3-5-12(11)13/h2-5,10,13-15H,6-9H2,1H3. The zero-order valence-electron chi connectivity index (χ0n) is 9.24. The number of aryl methyl sites for hydroxylation is 1. The first kappa shape index (κ1) is 10.7. The van der Waals surface area contributed by atoms with Gasteiger partial charge in [-0.2, -0.15) is 0 Å². The molecule has 1 aromatic rings. The predicted molar refractivity (Wildman–Crippen MR) is 61.8 cm³/mol. The van der Waals surface area contributed by atoms with Gasteiger partial charge in [0.2, 0.25) is 0 Å². The second kappa shape index (κ2) is 4.77. The quantitative estimate of drug-likeness (QED) is 0.788. The highest BCUT2D eigenvalue weighted by atomic mass is 16.3. The molecule has 0 amide bonds. The molecule has 0 bridgehead atoms. The normalized spacial score (nSPS) is 21.3. The Morgan fingerprint density at radius 3 is 3.07 bits per heavy atom. The number of aliphatic hydroxyl groups is 1. The van der Waals surface area contributed by atoms with Crippen LogP contribution in [0.2, 0.25) is 0 Å². The average molecular weight is 205 g/mol. The molecule has 0 aliphatic heterocycles. The number of rotatable bonds is 4. The van der Waals surface area contributed by atoms with Crippen LogP contribution >= 0.6 is 0 Å². The van der Waals surface area contributed by atoms with E-state index in [0.717, 1.165) is 6.42 Å². The summed E-state index contributed by atoms with van der Waals surface area (Å²) in [5, 5.41) is 12.4. The lowest BCUT2D eigenvalue weighted by Gasteiger charge is -2.19. The second-order valence-electron chi connectivity index (χ2n) is 4.37. The molecule has 82 valence electrons. The van der Waals surface area contributed by atoms with Gasteiger partial charge in [0.1, 0.15) is 0 Å². The van der Waals surface area contributed by atoms with E-state index >= 15 is 0 Å².